The third-order valence-corrected chi connectivity index (χ3v) is 5.64. The SMILES string of the molecule is Cc1cccc([N+](=O)[O-])c1S(=O)(=O)NC1(C(N)=O)CCCC1. The number of nitrogens with zero attached hydrogens (tertiary/aromatic N) is 1. The van der Waals surface area contributed by atoms with E-state index in [1.54, 1.807) is 0 Å². The molecule has 120 valence electrons. The molecule has 0 radical (unpaired) electrons. The number of primary amides is 1. The van der Waals surface area contributed by atoms with Crippen LogP contribution >= 0.6 is 0 Å². The van der Waals surface area contributed by atoms with Crippen LogP contribution in [-0.2, 0) is 14.8 Å². The van der Waals surface area contributed by atoms with E-state index in [1.165, 1.54) is 19.1 Å². The van der Waals surface area contributed by atoms with Crippen LogP contribution in [0.2, 0.25) is 0 Å². The molecule has 1 saturated carbocycles. The first-order valence-electron chi connectivity index (χ1n) is 6.77. The number of nitro groups is 1. The average molecular weight is 327 g/mol. The zero-order valence-corrected chi connectivity index (χ0v) is 12.9. The number of aryl methyl sites for hydroxylation is 1. The average Bonchev–Trinajstić information content (AvgIpc) is 2.87. The van der Waals surface area contributed by atoms with Gasteiger partial charge in [-0.2, -0.15) is 4.72 Å². The van der Waals surface area contributed by atoms with E-state index in [0.717, 1.165) is 6.07 Å². The fraction of sp³-hybridized carbons (Fsp3) is 0.462. The number of carbonyl (C=O) groups excluding carboxylic acids is 1. The van der Waals surface area contributed by atoms with Gasteiger partial charge in [-0.3, -0.25) is 14.9 Å². The lowest BCUT2D eigenvalue weighted by Gasteiger charge is -2.26. The Morgan fingerprint density at radius 2 is 1.95 bits per heavy atom. The first-order chi connectivity index (χ1) is 10.2. The minimum Gasteiger partial charge on any atom is -0.368 e. The highest BCUT2D eigenvalue weighted by molar-refractivity contribution is 7.89. The summed E-state index contributed by atoms with van der Waals surface area (Å²) in [5.41, 5.74) is 3.70. The second kappa shape index (κ2) is 5.65. The molecule has 1 amide bonds. The predicted octanol–water partition coefficient (Wildman–Crippen LogP) is 0.980. The van der Waals surface area contributed by atoms with Crippen molar-refractivity contribution in [2.45, 2.75) is 43.0 Å². The van der Waals surface area contributed by atoms with Gasteiger partial charge in [0.05, 0.1) is 4.92 Å². The molecule has 22 heavy (non-hydrogen) atoms. The van der Waals surface area contributed by atoms with Gasteiger partial charge in [0, 0.05) is 6.07 Å². The molecule has 1 aliphatic rings. The van der Waals surface area contributed by atoms with Crippen molar-refractivity contribution in [3.8, 4) is 0 Å². The maximum atomic E-state index is 12.6. The van der Waals surface area contributed by atoms with Crippen LogP contribution in [0.15, 0.2) is 23.1 Å². The summed E-state index contributed by atoms with van der Waals surface area (Å²) in [5, 5.41) is 11.1. The topological polar surface area (TPSA) is 132 Å². The molecule has 0 spiro atoms. The highest BCUT2D eigenvalue weighted by atomic mass is 32.2. The molecule has 8 nitrogen and oxygen atoms in total. The van der Waals surface area contributed by atoms with E-state index in [2.05, 4.69) is 4.72 Å². The van der Waals surface area contributed by atoms with Gasteiger partial charge >= 0.3 is 0 Å². The molecule has 1 aromatic rings. The Balaban J connectivity index is 2.52. The van der Waals surface area contributed by atoms with E-state index in [9.17, 15) is 23.3 Å². The summed E-state index contributed by atoms with van der Waals surface area (Å²) in [4.78, 5) is 21.6. The summed E-state index contributed by atoms with van der Waals surface area (Å²) in [7, 11) is -4.25. The number of sulfonamides is 1. The number of hydrogen-bond acceptors (Lipinski definition) is 5. The zero-order chi connectivity index (χ0) is 16.5. The van der Waals surface area contributed by atoms with Gasteiger partial charge in [-0.1, -0.05) is 25.0 Å². The van der Waals surface area contributed by atoms with Gasteiger partial charge < -0.3 is 5.73 Å². The van der Waals surface area contributed by atoms with Crippen molar-refractivity contribution in [2.75, 3.05) is 0 Å². The molecule has 1 aromatic carbocycles. The van der Waals surface area contributed by atoms with Crippen molar-refractivity contribution in [2.24, 2.45) is 5.73 Å². The summed E-state index contributed by atoms with van der Waals surface area (Å²) in [6.45, 7) is 1.47. The van der Waals surface area contributed by atoms with Gasteiger partial charge in [0.1, 0.15) is 5.54 Å². The molecule has 0 aromatic heterocycles. The molecule has 0 aliphatic heterocycles. The Morgan fingerprint density at radius 3 is 2.45 bits per heavy atom. The normalized spacial score (nSPS) is 17.3. The Hall–Kier alpha value is -2.00. The fourth-order valence-corrected chi connectivity index (χ4v) is 4.65. The number of nitro benzene ring substituents is 1. The summed E-state index contributed by atoms with van der Waals surface area (Å²) in [6.07, 6.45) is 1.92. The van der Waals surface area contributed by atoms with Gasteiger partial charge in [0.2, 0.25) is 15.9 Å². The van der Waals surface area contributed by atoms with Crippen LogP contribution in [0.4, 0.5) is 5.69 Å². The summed E-state index contributed by atoms with van der Waals surface area (Å²) in [6, 6.07) is 3.99. The van der Waals surface area contributed by atoms with Gasteiger partial charge in [-0.05, 0) is 25.3 Å². The number of hydrogen-bond donors (Lipinski definition) is 2. The Labute approximate surface area is 127 Å². The highest BCUT2D eigenvalue weighted by Crippen LogP contribution is 2.33. The quantitative estimate of drug-likeness (QED) is 0.614. The molecular formula is C13H17N3O5S. The molecule has 0 atom stereocenters. The number of nitrogens with two attached hydrogens (primary N) is 1. The van der Waals surface area contributed by atoms with Crippen LogP contribution in [0.5, 0.6) is 0 Å². The van der Waals surface area contributed by atoms with Crippen LogP contribution in [0.25, 0.3) is 0 Å². The second-order valence-corrected chi connectivity index (χ2v) is 7.06. The molecule has 0 bridgehead atoms. The lowest BCUT2D eigenvalue weighted by atomic mass is 9.99. The van der Waals surface area contributed by atoms with Crippen molar-refractivity contribution >= 4 is 21.6 Å². The van der Waals surface area contributed by atoms with Crippen LogP contribution in [0, 0.1) is 17.0 Å². The highest BCUT2D eigenvalue weighted by Gasteiger charge is 2.44. The van der Waals surface area contributed by atoms with Gasteiger partial charge in [0.25, 0.3) is 5.69 Å². The van der Waals surface area contributed by atoms with Crippen molar-refractivity contribution in [1.29, 1.82) is 0 Å². The summed E-state index contributed by atoms with van der Waals surface area (Å²) < 4.78 is 27.6. The van der Waals surface area contributed by atoms with E-state index < -0.39 is 37.0 Å². The van der Waals surface area contributed by atoms with E-state index in [0.29, 0.717) is 25.7 Å². The fourth-order valence-electron chi connectivity index (χ4n) is 2.82. The number of carbonyl (C=O) groups is 1. The predicted molar refractivity (Wildman–Crippen MR) is 78.5 cm³/mol. The maximum absolute atomic E-state index is 12.6. The second-order valence-electron chi connectivity index (χ2n) is 5.44. The van der Waals surface area contributed by atoms with Crippen LogP contribution in [0.1, 0.15) is 31.2 Å². The minimum atomic E-state index is -4.25. The standard InChI is InChI=1S/C13H17N3O5S/c1-9-5-4-6-10(16(18)19)11(9)22(20,21)15-13(12(14)17)7-2-3-8-13/h4-6,15H,2-3,7-8H2,1H3,(H2,14,17). The smallest absolute Gasteiger partial charge is 0.289 e. The summed E-state index contributed by atoms with van der Waals surface area (Å²) in [5.74, 6) is -0.759. The molecule has 0 unspecified atom stereocenters. The third-order valence-electron chi connectivity index (χ3n) is 3.92. The van der Waals surface area contributed by atoms with Crippen molar-refractivity contribution in [1.82, 2.24) is 4.72 Å². The Kier molecular flexibility index (Phi) is 4.21. The zero-order valence-electron chi connectivity index (χ0n) is 12.0. The molecular weight excluding hydrogens is 310 g/mol. The van der Waals surface area contributed by atoms with Gasteiger partial charge in [-0.15, -0.1) is 0 Å². The van der Waals surface area contributed by atoms with E-state index in [-0.39, 0.29) is 5.56 Å². The number of amides is 1. The lowest BCUT2D eigenvalue weighted by Crippen LogP contribution is -2.55. The van der Waals surface area contributed by atoms with Gasteiger partial charge in [0.15, 0.2) is 4.90 Å². The number of rotatable bonds is 5. The molecule has 0 saturated heterocycles. The molecule has 1 aliphatic carbocycles. The minimum absolute atomic E-state index is 0.235. The van der Waals surface area contributed by atoms with Crippen LogP contribution < -0.4 is 10.5 Å². The van der Waals surface area contributed by atoms with E-state index in [1.807, 2.05) is 0 Å². The largest absolute Gasteiger partial charge is 0.368 e. The van der Waals surface area contributed by atoms with E-state index in [4.69, 9.17) is 5.73 Å². The molecule has 9 heteroatoms. The first-order valence-corrected chi connectivity index (χ1v) is 8.26. The molecule has 3 N–H and O–H groups in total. The number of nitrogens with one attached hydrogen (secondary N) is 1. The monoisotopic (exact) mass is 327 g/mol. The lowest BCUT2D eigenvalue weighted by molar-refractivity contribution is -0.387. The summed E-state index contributed by atoms with van der Waals surface area (Å²) >= 11 is 0. The van der Waals surface area contributed by atoms with Crippen LogP contribution in [0.3, 0.4) is 0 Å². The van der Waals surface area contributed by atoms with Crippen LogP contribution in [-0.4, -0.2) is 24.8 Å². The van der Waals surface area contributed by atoms with Gasteiger partial charge in [-0.25, -0.2) is 8.42 Å². The van der Waals surface area contributed by atoms with Crippen molar-refractivity contribution < 1.29 is 18.1 Å². The first kappa shape index (κ1) is 16.4. The van der Waals surface area contributed by atoms with Crippen molar-refractivity contribution in [3.63, 3.8) is 0 Å². The van der Waals surface area contributed by atoms with Crippen molar-refractivity contribution in [3.05, 3.63) is 33.9 Å². The maximum Gasteiger partial charge on any atom is 0.289 e. The molecule has 1 fully saturated rings. The van der Waals surface area contributed by atoms with E-state index >= 15 is 0 Å². The molecule has 2 rings (SSSR count). The Morgan fingerprint density at radius 1 is 1.36 bits per heavy atom. The Bertz CT molecular complexity index is 723. The number of benzene rings is 1. The molecule has 0 heterocycles. The third kappa shape index (κ3) is 2.81.